The molecular formula is C18H24N2O4. The van der Waals surface area contributed by atoms with Crippen LogP contribution >= 0.6 is 0 Å². The number of fused-ring (bicyclic) bond motifs is 1. The lowest BCUT2D eigenvalue weighted by atomic mass is 9.69. The van der Waals surface area contributed by atoms with Gasteiger partial charge in [0, 0.05) is 25.2 Å². The molecule has 24 heavy (non-hydrogen) atoms. The molecule has 1 aliphatic carbocycles. The van der Waals surface area contributed by atoms with Gasteiger partial charge in [0.25, 0.3) is 5.91 Å². The predicted octanol–water partition coefficient (Wildman–Crippen LogP) is 1.88. The summed E-state index contributed by atoms with van der Waals surface area (Å²) in [7, 11) is 1.31. The number of aliphatic hydroxyl groups is 1. The summed E-state index contributed by atoms with van der Waals surface area (Å²) < 4.78 is 4.63. The third-order valence-corrected chi connectivity index (χ3v) is 5.62. The molecule has 130 valence electrons. The zero-order valence-corrected chi connectivity index (χ0v) is 14.2. The fraction of sp³-hybridized carbons (Fsp3) is 0.611. The number of aromatic nitrogens is 1. The Labute approximate surface area is 141 Å². The Hall–Kier alpha value is -1.95. The van der Waals surface area contributed by atoms with Gasteiger partial charge in [0.1, 0.15) is 5.69 Å². The SMILES string of the molecule is CC[C@]1(O)CCC[C@H]2CN(C(=O)c3ccc(C(=O)OC)cn3)C[C@H]21. The fourth-order valence-corrected chi connectivity index (χ4v) is 4.15. The average molecular weight is 332 g/mol. The van der Waals surface area contributed by atoms with Crippen LogP contribution in [0.5, 0.6) is 0 Å². The molecule has 1 amide bonds. The van der Waals surface area contributed by atoms with E-state index in [1.807, 2.05) is 6.92 Å². The van der Waals surface area contributed by atoms with Crippen LogP contribution in [0.25, 0.3) is 0 Å². The van der Waals surface area contributed by atoms with Gasteiger partial charge in [-0.05, 0) is 37.3 Å². The molecule has 1 aromatic rings. The number of esters is 1. The largest absolute Gasteiger partial charge is 0.465 e. The van der Waals surface area contributed by atoms with Crippen molar-refractivity contribution in [3.05, 3.63) is 29.6 Å². The minimum atomic E-state index is -0.653. The monoisotopic (exact) mass is 332 g/mol. The van der Waals surface area contributed by atoms with E-state index in [0.717, 1.165) is 25.7 Å². The minimum absolute atomic E-state index is 0.140. The zero-order valence-electron chi connectivity index (χ0n) is 14.2. The maximum atomic E-state index is 12.7. The van der Waals surface area contributed by atoms with Crippen molar-refractivity contribution in [2.45, 2.75) is 38.2 Å². The summed E-state index contributed by atoms with van der Waals surface area (Å²) in [6.45, 7) is 3.26. The maximum absolute atomic E-state index is 12.7. The van der Waals surface area contributed by atoms with Crippen molar-refractivity contribution in [1.29, 1.82) is 0 Å². The number of carbonyl (C=O) groups is 2. The van der Waals surface area contributed by atoms with Crippen molar-refractivity contribution in [3.8, 4) is 0 Å². The molecule has 1 aromatic heterocycles. The van der Waals surface area contributed by atoms with Gasteiger partial charge in [-0.2, -0.15) is 0 Å². The van der Waals surface area contributed by atoms with Gasteiger partial charge in [-0.1, -0.05) is 13.3 Å². The molecule has 2 aliphatic rings. The molecule has 3 rings (SSSR count). The molecular weight excluding hydrogens is 308 g/mol. The first kappa shape index (κ1) is 16.9. The number of likely N-dealkylation sites (tertiary alicyclic amines) is 1. The molecule has 3 atom stereocenters. The number of hydrogen-bond acceptors (Lipinski definition) is 5. The van der Waals surface area contributed by atoms with Crippen molar-refractivity contribution in [2.75, 3.05) is 20.2 Å². The number of nitrogens with zero attached hydrogens (tertiary/aromatic N) is 2. The van der Waals surface area contributed by atoms with E-state index in [-0.39, 0.29) is 11.8 Å². The van der Waals surface area contributed by atoms with E-state index in [1.54, 1.807) is 17.0 Å². The van der Waals surface area contributed by atoms with E-state index in [4.69, 9.17) is 0 Å². The molecule has 1 saturated carbocycles. The Balaban J connectivity index is 1.73. The lowest BCUT2D eigenvalue weighted by Gasteiger charge is -2.40. The minimum Gasteiger partial charge on any atom is -0.465 e. The zero-order chi connectivity index (χ0) is 17.3. The van der Waals surface area contributed by atoms with Crippen LogP contribution in [-0.2, 0) is 4.74 Å². The van der Waals surface area contributed by atoms with Crippen LogP contribution in [0.3, 0.4) is 0 Å². The molecule has 6 nitrogen and oxygen atoms in total. The summed E-state index contributed by atoms with van der Waals surface area (Å²) in [5.74, 6) is -0.0995. The molecule has 0 aromatic carbocycles. The second kappa shape index (κ2) is 6.51. The number of amides is 1. The summed E-state index contributed by atoms with van der Waals surface area (Å²) in [5, 5.41) is 10.8. The fourth-order valence-electron chi connectivity index (χ4n) is 4.15. The van der Waals surface area contributed by atoms with E-state index in [0.29, 0.717) is 30.3 Å². The molecule has 1 saturated heterocycles. The van der Waals surface area contributed by atoms with Crippen LogP contribution in [0, 0.1) is 11.8 Å². The Bertz CT molecular complexity index is 630. The molecule has 0 spiro atoms. The highest BCUT2D eigenvalue weighted by molar-refractivity contribution is 5.94. The highest BCUT2D eigenvalue weighted by Gasteiger charge is 2.48. The third-order valence-electron chi connectivity index (χ3n) is 5.62. The van der Waals surface area contributed by atoms with Gasteiger partial charge in [0.15, 0.2) is 0 Å². The van der Waals surface area contributed by atoms with Gasteiger partial charge in [-0.15, -0.1) is 0 Å². The topological polar surface area (TPSA) is 79.7 Å². The lowest BCUT2D eigenvalue weighted by Crippen LogP contribution is -2.44. The van der Waals surface area contributed by atoms with Crippen molar-refractivity contribution in [1.82, 2.24) is 9.88 Å². The third kappa shape index (κ3) is 2.90. The maximum Gasteiger partial charge on any atom is 0.339 e. The summed E-state index contributed by atoms with van der Waals surface area (Å²) in [5.41, 5.74) is -0.00837. The molecule has 1 aliphatic heterocycles. The van der Waals surface area contributed by atoms with Gasteiger partial charge in [-0.25, -0.2) is 4.79 Å². The molecule has 0 radical (unpaired) electrons. The normalized spacial score (nSPS) is 29.2. The first-order valence-electron chi connectivity index (χ1n) is 8.54. The first-order valence-corrected chi connectivity index (χ1v) is 8.54. The van der Waals surface area contributed by atoms with Gasteiger partial charge in [-0.3, -0.25) is 9.78 Å². The number of carbonyl (C=O) groups excluding carboxylic acids is 2. The van der Waals surface area contributed by atoms with Crippen molar-refractivity contribution < 1.29 is 19.4 Å². The van der Waals surface area contributed by atoms with Crippen LogP contribution in [0.4, 0.5) is 0 Å². The highest BCUT2D eigenvalue weighted by Crippen LogP contribution is 2.44. The summed E-state index contributed by atoms with van der Waals surface area (Å²) in [4.78, 5) is 30.1. The van der Waals surface area contributed by atoms with Crippen LogP contribution < -0.4 is 0 Å². The predicted molar refractivity (Wildman–Crippen MR) is 87.6 cm³/mol. The lowest BCUT2D eigenvalue weighted by molar-refractivity contribution is -0.0609. The Kier molecular flexibility index (Phi) is 4.58. The van der Waals surface area contributed by atoms with E-state index < -0.39 is 11.6 Å². The number of ether oxygens (including phenoxy) is 1. The van der Waals surface area contributed by atoms with Crippen molar-refractivity contribution in [3.63, 3.8) is 0 Å². The van der Waals surface area contributed by atoms with Crippen LogP contribution in [0.15, 0.2) is 18.3 Å². The molecule has 6 heteroatoms. The summed E-state index contributed by atoms with van der Waals surface area (Å²) in [6.07, 6.45) is 4.98. The molecule has 0 bridgehead atoms. The summed E-state index contributed by atoms with van der Waals surface area (Å²) in [6, 6.07) is 3.11. The van der Waals surface area contributed by atoms with E-state index in [1.165, 1.54) is 13.3 Å². The first-order chi connectivity index (χ1) is 11.5. The van der Waals surface area contributed by atoms with Crippen LogP contribution in [0.1, 0.15) is 53.5 Å². The number of methoxy groups -OCH3 is 1. The van der Waals surface area contributed by atoms with E-state index >= 15 is 0 Å². The van der Waals surface area contributed by atoms with Crippen molar-refractivity contribution in [2.24, 2.45) is 11.8 Å². The van der Waals surface area contributed by atoms with E-state index in [2.05, 4.69) is 9.72 Å². The molecule has 1 N–H and O–H groups in total. The van der Waals surface area contributed by atoms with Crippen molar-refractivity contribution >= 4 is 11.9 Å². The second-order valence-corrected chi connectivity index (χ2v) is 6.85. The smallest absolute Gasteiger partial charge is 0.339 e. The number of rotatable bonds is 3. The van der Waals surface area contributed by atoms with Crippen LogP contribution in [-0.4, -0.2) is 52.7 Å². The molecule has 2 heterocycles. The highest BCUT2D eigenvalue weighted by atomic mass is 16.5. The number of pyridine rings is 1. The Morgan fingerprint density at radius 1 is 1.42 bits per heavy atom. The quantitative estimate of drug-likeness (QED) is 0.855. The Morgan fingerprint density at radius 3 is 2.83 bits per heavy atom. The van der Waals surface area contributed by atoms with Gasteiger partial charge < -0.3 is 14.7 Å². The molecule has 0 unspecified atom stereocenters. The molecule has 2 fully saturated rings. The average Bonchev–Trinajstić information content (AvgIpc) is 3.06. The van der Waals surface area contributed by atoms with E-state index in [9.17, 15) is 14.7 Å². The number of hydrogen-bond donors (Lipinski definition) is 1. The summed E-state index contributed by atoms with van der Waals surface area (Å²) >= 11 is 0. The van der Waals surface area contributed by atoms with Gasteiger partial charge in [0.05, 0.1) is 18.3 Å². The van der Waals surface area contributed by atoms with Gasteiger partial charge in [0.2, 0.25) is 0 Å². The van der Waals surface area contributed by atoms with Gasteiger partial charge >= 0.3 is 5.97 Å². The second-order valence-electron chi connectivity index (χ2n) is 6.85. The Morgan fingerprint density at radius 2 is 2.21 bits per heavy atom. The standard InChI is InChI=1S/C18H24N2O4/c1-3-18(23)8-4-5-13-10-20(11-14(13)18)16(21)15-7-6-12(9-19-15)17(22)24-2/h6-7,9,13-14,23H,3-5,8,10-11H2,1-2H3/t13-,14+,18-/m0/s1. The van der Waals surface area contributed by atoms with Crippen LogP contribution in [0.2, 0.25) is 0 Å².